The first-order chi connectivity index (χ1) is 17.1. The van der Waals surface area contributed by atoms with E-state index in [1.165, 1.54) is 11.6 Å². The third-order valence-corrected chi connectivity index (χ3v) is 7.08. The van der Waals surface area contributed by atoms with Crippen LogP contribution in [0.4, 0.5) is 0 Å². The van der Waals surface area contributed by atoms with Gasteiger partial charge >= 0.3 is 5.69 Å². The lowest BCUT2D eigenvalue weighted by atomic mass is 9.97. The molecule has 2 aromatic heterocycles. The Kier molecular flexibility index (Phi) is 5.59. The van der Waals surface area contributed by atoms with Crippen molar-refractivity contribution in [1.82, 2.24) is 13.7 Å². The van der Waals surface area contributed by atoms with Gasteiger partial charge in [-0.25, -0.2) is 4.79 Å². The van der Waals surface area contributed by atoms with Crippen LogP contribution < -0.4 is 20.7 Å². The van der Waals surface area contributed by atoms with E-state index < -0.39 is 11.6 Å². The minimum atomic E-state index is -0.572. The molecule has 2 aromatic carbocycles. The molecule has 0 saturated heterocycles. The van der Waals surface area contributed by atoms with Crippen molar-refractivity contribution in [3.05, 3.63) is 80.1 Å². The van der Waals surface area contributed by atoms with Gasteiger partial charge in [0, 0.05) is 25.7 Å². The van der Waals surface area contributed by atoms with E-state index in [4.69, 9.17) is 14.2 Å². The summed E-state index contributed by atoms with van der Waals surface area (Å²) < 4.78 is 22.5. The van der Waals surface area contributed by atoms with Crippen molar-refractivity contribution in [2.24, 2.45) is 14.1 Å². The van der Waals surface area contributed by atoms with E-state index in [9.17, 15) is 9.59 Å². The number of aromatic nitrogens is 3. The fourth-order valence-electron chi connectivity index (χ4n) is 5.33. The fourth-order valence-corrected chi connectivity index (χ4v) is 5.33. The average molecular weight is 490 g/mol. The molecule has 3 heterocycles. The molecule has 0 saturated carbocycles. The van der Waals surface area contributed by atoms with Crippen molar-refractivity contribution in [3.63, 3.8) is 0 Å². The molecule has 0 bridgehead atoms. The monoisotopic (exact) mass is 489 g/mol. The Balaban J connectivity index is 1.99. The van der Waals surface area contributed by atoms with Gasteiger partial charge in [-0.15, -0.1) is 0 Å². The molecule has 8 heteroatoms. The van der Waals surface area contributed by atoms with Crippen molar-refractivity contribution in [2.45, 2.75) is 32.4 Å². The van der Waals surface area contributed by atoms with E-state index in [1.54, 1.807) is 25.8 Å². The summed E-state index contributed by atoms with van der Waals surface area (Å²) in [6.07, 6.45) is -0.572. The zero-order valence-corrected chi connectivity index (χ0v) is 21.7. The van der Waals surface area contributed by atoms with Crippen LogP contribution in [0.5, 0.6) is 11.5 Å². The summed E-state index contributed by atoms with van der Waals surface area (Å²) in [4.78, 5) is 26.8. The van der Waals surface area contributed by atoms with Crippen LogP contribution in [-0.2, 0) is 24.4 Å². The van der Waals surface area contributed by atoms with Gasteiger partial charge in [-0.1, -0.05) is 23.8 Å². The largest absolute Gasteiger partial charge is 0.497 e. The fraction of sp³-hybridized carbons (Fsp3) is 0.357. The number of ether oxygens (including phenoxy) is 3. The van der Waals surface area contributed by atoms with Gasteiger partial charge < -0.3 is 18.8 Å². The second-order valence-corrected chi connectivity index (χ2v) is 9.98. The normalized spacial score (nSPS) is 16.7. The van der Waals surface area contributed by atoms with Gasteiger partial charge in [0.1, 0.15) is 17.6 Å². The smallest absolute Gasteiger partial charge is 0.331 e. The van der Waals surface area contributed by atoms with E-state index in [-0.39, 0.29) is 11.2 Å². The van der Waals surface area contributed by atoms with Crippen molar-refractivity contribution >= 4 is 10.9 Å². The first-order valence-electron chi connectivity index (χ1n) is 11.9. The summed E-state index contributed by atoms with van der Waals surface area (Å²) in [5.41, 5.74) is 3.67. The Morgan fingerprint density at radius 2 is 1.75 bits per heavy atom. The molecule has 1 unspecified atom stereocenters. The van der Waals surface area contributed by atoms with Crippen LogP contribution in [0.15, 0.2) is 52.1 Å². The van der Waals surface area contributed by atoms with Gasteiger partial charge in [0.25, 0.3) is 5.56 Å². The molecule has 4 aromatic rings. The number of fused-ring (bicyclic) bond motifs is 3. The van der Waals surface area contributed by atoms with E-state index >= 15 is 0 Å². The van der Waals surface area contributed by atoms with E-state index in [0.29, 0.717) is 29.0 Å². The summed E-state index contributed by atoms with van der Waals surface area (Å²) in [5.74, 6) is 1.26. The molecule has 1 atom stereocenters. The summed E-state index contributed by atoms with van der Waals surface area (Å²) in [5, 5.41) is 0.497. The lowest BCUT2D eigenvalue weighted by molar-refractivity contribution is -0.00801. The minimum absolute atomic E-state index is 0.331. The average Bonchev–Trinajstić information content (AvgIpc) is 3.24. The maximum Gasteiger partial charge on any atom is 0.331 e. The Morgan fingerprint density at radius 3 is 2.42 bits per heavy atom. The number of aryl methyl sites for hydroxylation is 2. The van der Waals surface area contributed by atoms with Crippen molar-refractivity contribution in [2.75, 3.05) is 20.8 Å². The second-order valence-electron chi connectivity index (χ2n) is 9.98. The van der Waals surface area contributed by atoms with Gasteiger partial charge in [0.2, 0.25) is 0 Å². The van der Waals surface area contributed by atoms with Crippen molar-refractivity contribution in [1.29, 1.82) is 0 Å². The van der Waals surface area contributed by atoms with Gasteiger partial charge in [-0.3, -0.25) is 13.9 Å². The number of methoxy groups -OCH3 is 2. The second kappa shape index (κ2) is 8.41. The highest BCUT2D eigenvalue weighted by Gasteiger charge is 2.41. The molecule has 1 aliphatic rings. The molecule has 0 amide bonds. The SMILES string of the molecule is COc1ccc(C2OCC(C)(C)n3c(-c4cccc(C)c4)c4c(=O)n(C)c(=O)n(C)c4c32)c(OC)c1. The van der Waals surface area contributed by atoms with Gasteiger partial charge in [-0.2, -0.15) is 0 Å². The molecule has 188 valence electrons. The molecular weight excluding hydrogens is 458 g/mol. The van der Waals surface area contributed by atoms with E-state index in [0.717, 1.165) is 28.1 Å². The van der Waals surface area contributed by atoms with E-state index in [1.807, 2.05) is 43.3 Å². The number of nitrogens with zero attached hydrogens (tertiary/aromatic N) is 3. The lowest BCUT2D eigenvalue weighted by Crippen LogP contribution is -2.40. The highest BCUT2D eigenvalue weighted by atomic mass is 16.5. The predicted octanol–water partition coefficient (Wildman–Crippen LogP) is 3.89. The lowest BCUT2D eigenvalue weighted by Gasteiger charge is -2.39. The number of hydrogen-bond acceptors (Lipinski definition) is 5. The van der Waals surface area contributed by atoms with Crippen LogP contribution in [0.1, 0.15) is 36.8 Å². The third-order valence-electron chi connectivity index (χ3n) is 7.08. The first-order valence-corrected chi connectivity index (χ1v) is 11.9. The first kappa shape index (κ1) is 23.9. The molecule has 36 heavy (non-hydrogen) atoms. The molecule has 0 radical (unpaired) electrons. The number of benzene rings is 2. The summed E-state index contributed by atoms with van der Waals surface area (Å²) in [6, 6.07) is 13.7. The zero-order chi connectivity index (χ0) is 25.9. The Hall–Kier alpha value is -3.78. The van der Waals surface area contributed by atoms with E-state index in [2.05, 4.69) is 24.5 Å². The zero-order valence-electron chi connectivity index (χ0n) is 21.7. The van der Waals surface area contributed by atoms with Crippen LogP contribution in [0.2, 0.25) is 0 Å². The van der Waals surface area contributed by atoms with Gasteiger partial charge in [-0.05, 0) is 44.5 Å². The summed E-state index contributed by atoms with van der Waals surface area (Å²) >= 11 is 0. The highest BCUT2D eigenvalue weighted by Crippen LogP contribution is 2.47. The molecule has 0 aliphatic carbocycles. The molecule has 5 rings (SSSR count). The predicted molar refractivity (Wildman–Crippen MR) is 139 cm³/mol. The van der Waals surface area contributed by atoms with Crippen LogP contribution in [0.25, 0.3) is 22.2 Å². The molecule has 8 nitrogen and oxygen atoms in total. The van der Waals surface area contributed by atoms with Gasteiger partial charge in [0.05, 0.1) is 48.7 Å². The molecule has 1 aliphatic heterocycles. The maximum absolute atomic E-state index is 13.7. The molecule has 0 N–H and O–H groups in total. The molecule has 0 fully saturated rings. The molecule has 0 spiro atoms. The summed E-state index contributed by atoms with van der Waals surface area (Å²) in [7, 11) is 6.43. The highest BCUT2D eigenvalue weighted by molar-refractivity contribution is 5.97. The molecular formula is C28H31N3O5. The number of rotatable bonds is 4. The minimum Gasteiger partial charge on any atom is -0.497 e. The standard InChI is InChI=1S/C28H31N3O5/c1-16-9-8-10-17(13-16)22-21-23(29(4)27(33)30(5)26(21)32)24-25(36-15-28(2,3)31(22)24)19-12-11-18(34-6)14-20(19)35-7/h8-14,25H,15H2,1-7H3. The van der Waals surface area contributed by atoms with Crippen LogP contribution in [0.3, 0.4) is 0 Å². The topological polar surface area (TPSA) is 76.6 Å². The third kappa shape index (κ3) is 3.39. The Labute approximate surface area is 209 Å². The van der Waals surface area contributed by atoms with Crippen LogP contribution in [0, 0.1) is 6.92 Å². The van der Waals surface area contributed by atoms with Crippen LogP contribution in [-0.4, -0.2) is 34.5 Å². The van der Waals surface area contributed by atoms with Crippen molar-refractivity contribution in [3.8, 4) is 22.8 Å². The maximum atomic E-state index is 13.7. The van der Waals surface area contributed by atoms with Crippen LogP contribution >= 0.6 is 0 Å². The van der Waals surface area contributed by atoms with Crippen molar-refractivity contribution < 1.29 is 14.2 Å². The van der Waals surface area contributed by atoms with Gasteiger partial charge in [0.15, 0.2) is 0 Å². The Morgan fingerprint density at radius 1 is 1.00 bits per heavy atom. The Bertz CT molecular complexity index is 1620. The number of hydrogen-bond donors (Lipinski definition) is 0. The summed E-state index contributed by atoms with van der Waals surface area (Å²) in [6.45, 7) is 6.59. The quantitative estimate of drug-likeness (QED) is 0.435.